The van der Waals surface area contributed by atoms with E-state index in [2.05, 4.69) is 5.32 Å². The molecule has 23 heavy (non-hydrogen) atoms. The van der Waals surface area contributed by atoms with Crippen LogP contribution in [0.25, 0.3) is 0 Å². The molecular weight excluding hydrogens is 298 g/mol. The number of phenols is 2. The molecule has 0 aliphatic heterocycles. The van der Waals surface area contributed by atoms with Gasteiger partial charge in [0.15, 0.2) is 6.61 Å². The molecule has 2 aromatic rings. The summed E-state index contributed by atoms with van der Waals surface area (Å²) in [5.74, 6) is -1.88. The maximum atomic E-state index is 11.8. The number of carbonyl (C=O) groups is 2. The van der Waals surface area contributed by atoms with Crippen molar-refractivity contribution in [3.05, 3.63) is 59.7 Å². The highest BCUT2D eigenvalue weighted by atomic mass is 16.5. The van der Waals surface area contributed by atoms with E-state index in [9.17, 15) is 14.7 Å². The molecule has 1 atom stereocenters. The second-order valence-corrected chi connectivity index (χ2v) is 4.98. The first-order valence-corrected chi connectivity index (χ1v) is 7.01. The maximum Gasteiger partial charge on any atom is 0.342 e. The highest BCUT2D eigenvalue weighted by Crippen LogP contribution is 2.23. The number of phenolic OH excluding ortho intramolecular Hbond substituents is 2. The van der Waals surface area contributed by atoms with Gasteiger partial charge >= 0.3 is 5.97 Å². The third kappa shape index (κ3) is 4.47. The number of hydrogen-bond acceptors (Lipinski definition) is 5. The third-order valence-corrected chi connectivity index (χ3v) is 3.21. The van der Waals surface area contributed by atoms with Crippen LogP contribution in [0.15, 0.2) is 48.5 Å². The normalized spacial score (nSPS) is 11.5. The second kappa shape index (κ2) is 7.31. The van der Waals surface area contributed by atoms with Crippen molar-refractivity contribution in [3.63, 3.8) is 0 Å². The lowest BCUT2D eigenvalue weighted by molar-refractivity contribution is -0.124. The molecule has 0 bridgehead atoms. The van der Waals surface area contributed by atoms with Crippen molar-refractivity contribution in [1.82, 2.24) is 5.32 Å². The Labute approximate surface area is 133 Å². The van der Waals surface area contributed by atoms with E-state index >= 15 is 0 Å². The summed E-state index contributed by atoms with van der Waals surface area (Å²) in [6.07, 6.45) is 0. The minimum absolute atomic E-state index is 0.119. The molecule has 1 amide bonds. The molecule has 0 radical (unpaired) electrons. The fourth-order valence-electron chi connectivity index (χ4n) is 2.01. The summed E-state index contributed by atoms with van der Waals surface area (Å²) in [6, 6.07) is 12.6. The number of amides is 1. The van der Waals surface area contributed by atoms with Gasteiger partial charge in [-0.3, -0.25) is 4.79 Å². The van der Waals surface area contributed by atoms with Crippen molar-refractivity contribution in [2.75, 3.05) is 6.61 Å². The zero-order chi connectivity index (χ0) is 16.8. The predicted molar refractivity (Wildman–Crippen MR) is 83.1 cm³/mol. The molecule has 2 rings (SSSR count). The lowest BCUT2D eigenvalue weighted by Gasteiger charge is -2.14. The van der Waals surface area contributed by atoms with E-state index < -0.39 is 24.2 Å². The van der Waals surface area contributed by atoms with Gasteiger partial charge in [-0.15, -0.1) is 0 Å². The van der Waals surface area contributed by atoms with Gasteiger partial charge in [0.25, 0.3) is 5.91 Å². The van der Waals surface area contributed by atoms with Gasteiger partial charge in [0.1, 0.15) is 17.1 Å². The molecule has 6 heteroatoms. The van der Waals surface area contributed by atoms with Crippen LogP contribution in [0, 0.1) is 0 Å². The van der Waals surface area contributed by atoms with E-state index in [1.807, 2.05) is 37.3 Å². The smallest absolute Gasteiger partial charge is 0.342 e. The molecule has 6 nitrogen and oxygen atoms in total. The first-order valence-electron chi connectivity index (χ1n) is 7.01. The lowest BCUT2D eigenvalue weighted by atomic mass is 10.1. The summed E-state index contributed by atoms with van der Waals surface area (Å²) in [5, 5.41) is 21.4. The molecule has 0 spiro atoms. The van der Waals surface area contributed by atoms with E-state index in [-0.39, 0.29) is 17.4 Å². The van der Waals surface area contributed by atoms with Crippen LogP contribution in [0.2, 0.25) is 0 Å². The van der Waals surface area contributed by atoms with E-state index in [0.717, 1.165) is 11.6 Å². The van der Waals surface area contributed by atoms with Crippen molar-refractivity contribution in [2.45, 2.75) is 13.0 Å². The number of rotatable bonds is 5. The molecule has 0 aromatic heterocycles. The largest absolute Gasteiger partial charge is 0.508 e. The molecule has 0 aliphatic rings. The molecule has 0 saturated carbocycles. The van der Waals surface area contributed by atoms with Crippen molar-refractivity contribution in [1.29, 1.82) is 0 Å². The molecule has 0 heterocycles. The van der Waals surface area contributed by atoms with Crippen molar-refractivity contribution < 1.29 is 24.5 Å². The Kier molecular flexibility index (Phi) is 5.19. The van der Waals surface area contributed by atoms with Gasteiger partial charge in [-0.2, -0.15) is 0 Å². The summed E-state index contributed by atoms with van der Waals surface area (Å²) in [5.41, 5.74) is 0.815. The molecule has 0 aliphatic carbocycles. The Balaban J connectivity index is 1.88. The molecule has 2 aromatic carbocycles. The first-order chi connectivity index (χ1) is 11.0. The van der Waals surface area contributed by atoms with Crippen molar-refractivity contribution in [2.24, 2.45) is 0 Å². The highest BCUT2D eigenvalue weighted by molar-refractivity contribution is 5.94. The van der Waals surface area contributed by atoms with Crippen LogP contribution >= 0.6 is 0 Å². The molecule has 0 fully saturated rings. The molecule has 1 unspecified atom stereocenters. The van der Waals surface area contributed by atoms with E-state index in [4.69, 9.17) is 9.84 Å². The van der Waals surface area contributed by atoms with E-state index in [0.29, 0.717) is 0 Å². The summed E-state index contributed by atoms with van der Waals surface area (Å²) in [4.78, 5) is 23.6. The van der Waals surface area contributed by atoms with Crippen LogP contribution < -0.4 is 5.32 Å². The topological polar surface area (TPSA) is 95.9 Å². The second-order valence-electron chi connectivity index (χ2n) is 4.98. The Morgan fingerprint density at radius 2 is 1.83 bits per heavy atom. The van der Waals surface area contributed by atoms with Crippen LogP contribution in [0.1, 0.15) is 28.9 Å². The monoisotopic (exact) mass is 315 g/mol. The SMILES string of the molecule is CC(NC(=O)COC(=O)c1ccc(O)cc1O)c1ccccc1. The van der Waals surface area contributed by atoms with Gasteiger partial charge < -0.3 is 20.3 Å². The predicted octanol–water partition coefficient (Wildman–Crippen LogP) is 2.13. The molecule has 120 valence electrons. The molecular formula is C17H17NO5. The maximum absolute atomic E-state index is 11.8. The van der Waals surface area contributed by atoms with Crippen molar-refractivity contribution in [3.8, 4) is 11.5 Å². The van der Waals surface area contributed by atoms with E-state index in [1.165, 1.54) is 12.1 Å². The lowest BCUT2D eigenvalue weighted by Crippen LogP contribution is -2.31. The van der Waals surface area contributed by atoms with Gasteiger partial charge in [-0.05, 0) is 24.6 Å². The summed E-state index contributed by atoms with van der Waals surface area (Å²) >= 11 is 0. The number of ether oxygens (including phenoxy) is 1. The first kappa shape index (κ1) is 16.4. The summed E-state index contributed by atoms with van der Waals surface area (Å²) in [7, 11) is 0. The summed E-state index contributed by atoms with van der Waals surface area (Å²) in [6.45, 7) is 1.36. The highest BCUT2D eigenvalue weighted by Gasteiger charge is 2.16. The number of aromatic hydroxyl groups is 2. The van der Waals surface area contributed by atoms with Crippen LogP contribution in [0.5, 0.6) is 11.5 Å². The fraction of sp³-hybridized carbons (Fsp3) is 0.176. The number of esters is 1. The fourth-order valence-corrected chi connectivity index (χ4v) is 2.01. The third-order valence-electron chi connectivity index (χ3n) is 3.21. The van der Waals surface area contributed by atoms with Gasteiger partial charge in [0, 0.05) is 6.07 Å². The number of carbonyl (C=O) groups excluding carboxylic acids is 2. The number of nitrogens with one attached hydrogen (secondary N) is 1. The van der Waals surface area contributed by atoms with Crippen molar-refractivity contribution >= 4 is 11.9 Å². The van der Waals surface area contributed by atoms with Crippen LogP contribution in [-0.4, -0.2) is 28.7 Å². The van der Waals surface area contributed by atoms with Gasteiger partial charge in [0.2, 0.25) is 0 Å². The van der Waals surface area contributed by atoms with E-state index in [1.54, 1.807) is 0 Å². The average Bonchev–Trinajstić information content (AvgIpc) is 2.53. The van der Waals surface area contributed by atoms with Gasteiger partial charge in [-0.1, -0.05) is 30.3 Å². The van der Waals surface area contributed by atoms with Gasteiger partial charge in [-0.25, -0.2) is 4.79 Å². The zero-order valence-electron chi connectivity index (χ0n) is 12.5. The Morgan fingerprint density at radius 1 is 1.13 bits per heavy atom. The number of hydrogen-bond donors (Lipinski definition) is 3. The van der Waals surface area contributed by atoms with Gasteiger partial charge in [0.05, 0.1) is 6.04 Å². The standard InChI is InChI=1S/C17H17NO5/c1-11(12-5-3-2-4-6-12)18-16(21)10-23-17(22)14-8-7-13(19)9-15(14)20/h2-9,11,19-20H,10H2,1H3,(H,18,21). The van der Waals surface area contributed by atoms with Crippen LogP contribution in [0.3, 0.4) is 0 Å². The Morgan fingerprint density at radius 3 is 2.48 bits per heavy atom. The molecule has 3 N–H and O–H groups in total. The quantitative estimate of drug-likeness (QED) is 0.735. The molecule has 0 saturated heterocycles. The van der Waals surface area contributed by atoms with Crippen LogP contribution in [-0.2, 0) is 9.53 Å². The number of benzene rings is 2. The minimum Gasteiger partial charge on any atom is -0.508 e. The summed E-state index contributed by atoms with van der Waals surface area (Å²) < 4.78 is 4.85. The minimum atomic E-state index is -0.843. The Hall–Kier alpha value is -3.02. The Bertz CT molecular complexity index is 699. The van der Waals surface area contributed by atoms with Crippen LogP contribution in [0.4, 0.5) is 0 Å². The zero-order valence-corrected chi connectivity index (χ0v) is 12.5. The average molecular weight is 315 g/mol.